The Balaban J connectivity index is 2.53. The highest BCUT2D eigenvalue weighted by atomic mass is 16.5. The number of aldehydes is 1. The number of aromatic amines is 1. The fourth-order valence-electron chi connectivity index (χ4n) is 1.05. The number of fused-ring (bicyclic) bond motifs is 1. The molecule has 0 saturated carbocycles. The van der Waals surface area contributed by atoms with Crippen molar-refractivity contribution >= 4 is 6.29 Å². The molecular formula is C6H6N2O2. The topological polar surface area (TPSA) is 55.0 Å². The Morgan fingerprint density at radius 1 is 1.60 bits per heavy atom. The zero-order valence-electron chi connectivity index (χ0n) is 5.26. The summed E-state index contributed by atoms with van der Waals surface area (Å²) in [6.45, 7) is 1.07. The van der Waals surface area contributed by atoms with Crippen molar-refractivity contribution in [2.45, 2.75) is 13.2 Å². The van der Waals surface area contributed by atoms with Crippen molar-refractivity contribution in [3.63, 3.8) is 0 Å². The molecule has 1 aliphatic heterocycles. The largest absolute Gasteiger partial charge is 0.370 e. The van der Waals surface area contributed by atoms with E-state index < -0.39 is 0 Å². The molecular weight excluding hydrogens is 132 g/mol. The van der Waals surface area contributed by atoms with Gasteiger partial charge in [-0.2, -0.15) is 5.10 Å². The van der Waals surface area contributed by atoms with Gasteiger partial charge in [-0.15, -0.1) is 0 Å². The number of carbonyl (C=O) groups excluding carboxylic acids is 1. The van der Waals surface area contributed by atoms with Crippen LogP contribution in [0.15, 0.2) is 0 Å². The van der Waals surface area contributed by atoms with Crippen LogP contribution in [0.5, 0.6) is 0 Å². The minimum atomic E-state index is 0.479. The number of H-pyrrole nitrogens is 1. The van der Waals surface area contributed by atoms with E-state index >= 15 is 0 Å². The van der Waals surface area contributed by atoms with Gasteiger partial charge in [-0.25, -0.2) is 0 Å². The number of aromatic nitrogens is 2. The van der Waals surface area contributed by atoms with Crippen molar-refractivity contribution in [2.75, 3.05) is 0 Å². The van der Waals surface area contributed by atoms with Gasteiger partial charge in [0.25, 0.3) is 0 Å². The van der Waals surface area contributed by atoms with Crippen LogP contribution < -0.4 is 0 Å². The molecule has 2 heterocycles. The molecule has 4 nitrogen and oxygen atoms in total. The molecule has 0 radical (unpaired) electrons. The lowest BCUT2D eigenvalue weighted by Gasteiger charge is -1.85. The molecule has 0 aromatic carbocycles. The third-order valence-electron chi connectivity index (χ3n) is 1.59. The van der Waals surface area contributed by atoms with Crippen molar-refractivity contribution in [1.82, 2.24) is 10.2 Å². The van der Waals surface area contributed by atoms with Crippen LogP contribution in [0.2, 0.25) is 0 Å². The second kappa shape index (κ2) is 1.91. The average Bonchev–Trinajstić information content (AvgIpc) is 2.44. The zero-order chi connectivity index (χ0) is 6.97. The summed E-state index contributed by atoms with van der Waals surface area (Å²) < 4.78 is 5.07. The van der Waals surface area contributed by atoms with Gasteiger partial charge >= 0.3 is 0 Å². The van der Waals surface area contributed by atoms with Gasteiger partial charge in [-0.3, -0.25) is 9.89 Å². The minimum Gasteiger partial charge on any atom is -0.370 e. The molecule has 0 saturated heterocycles. The average molecular weight is 138 g/mol. The van der Waals surface area contributed by atoms with Gasteiger partial charge in [0.1, 0.15) is 5.69 Å². The maximum atomic E-state index is 10.3. The first-order valence-corrected chi connectivity index (χ1v) is 3.01. The van der Waals surface area contributed by atoms with Gasteiger partial charge in [-0.1, -0.05) is 0 Å². The number of nitrogens with zero attached hydrogens (tertiary/aromatic N) is 1. The maximum absolute atomic E-state index is 10.3. The molecule has 0 unspecified atom stereocenters. The lowest BCUT2D eigenvalue weighted by atomic mass is 10.2. The Bertz CT molecular complexity index is 267. The molecule has 0 aliphatic carbocycles. The van der Waals surface area contributed by atoms with Crippen molar-refractivity contribution < 1.29 is 9.53 Å². The summed E-state index contributed by atoms with van der Waals surface area (Å²) >= 11 is 0. The maximum Gasteiger partial charge on any atom is 0.170 e. The molecule has 1 aromatic rings. The van der Waals surface area contributed by atoms with E-state index in [0.717, 1.165) is 17.5 Å². The second-order valence-corrected chi connectivity index (χ2v) is 2.18. The summed E-state index contributed by atoms with van der Waals surface area (Å²) in [5.74, 6) is 0. The van der Waals surface area contributed by atoms with Gasteiger partial charge in [0, 0.05) is 5.56 Å². The summed E-state index contributed by atoms with van der Waals surface area (Å²) in [6, 6.07) is 0. The Hall–Kier alpha value is -1.16. The number of carbonyl (C=O) groups is 1. The van der Waals surface area contributed by atoms with E-state index in [1.165, 1.54) is 0 Å². The van der Waals surface area contributed by atoms with Crippen molar-refractivity contribution in [3.05, 3.63) is 17.0 Å². The monoisotopic (exact) mass is 138 g/mol. The fourth-order valence-corrected chi connectivity index (χ4v) is 1.05. The van der Waals surface area contributed by atoms with Crippen LogP contribution in [-0.4, -0.2) is 16.5 Å². The lowest BCUT2D eigenvalue weighted by molar-refractivity contribution is 0.110. The molecule has 1 aromatic heterocycles. The minimum absolute atomic E-state index is 0.479. The second-order valence-electron chi connectivity index (χ2n) is 2.18. The molecule has 52 valence electrons. The van der Waals surface area contributed by atoms with Crippen molar-refractivity contribution in [2.24, 2.45) is 0 Å². The van der Waals surface area contributed by atoms with Crippen LogP contribution in [-0.2, 0) is 18.0 Å². The molecule has 0 atom stereocenters. The molecule has 1 N–H and O–H groups in total. The van der Waals surface area contributed by atoms with Gasteiger partial charge in [0.2, 0.25) is 0 Å². The molecule has 2 rings (SSSR count). The van der Waals surface area contributed by atoms with Gasteiger partial charge < -0.3 is 4.74 Å². The fraction of sp³-hybridized carbons (Fsp3) is 0.333. The summed E-state index contributed by atoms with van der Waals surface area (Å²) in [7, 11) is 0. The first-order chi connectivity index (χ1) is 4.92. The van der Waals surface area contributed by atoms with Crippen LogP contribution >= 0.6 is 0 Å². The van der Waals surface area contributed by atoms with Crippen LogP contribution in [0.1, 0.15) is 21.7 Å². The number of ether oxygens (including phenoxy) is 1. The normalized spacial score (nSPS) is 15.2. The lowest BCUT2D eigenvalue weighted by Crippen LogP contribution is -1.87. The SMILES string of the molecule is O=Cc1n[nH]c2c1COC2. The zero-order valence-corrected chi connectivity index (χ0v) is 5.26. The highest BCUT2D eigenvalue weighted by Crippen LogP contribution is 2.18. The van der Waals surface area contributed by atoms with Gasteiger partial charge in [-0.05, 0) is 0 Å². The van der Waals surface area contributed by atoms with E-state index in [9.17, 15) is 4.79 Å². The van der Waals surface area contributed by atoms with Crippen molar-refractivity contribution in [3.8, 4) is 0 Å². The highest BCUT2D eigenvalue weighted by molar-refractivity contribution is 5.74. The molecule has 1 aliphatic rings. The van der Waals surface area contributed by atoms with E-state index in [4.69, 9.17) is 4.74 Å². The summed E-state index contributed by atoms with van der Waals surface area (Å²) in [5.41, 5.74) is 2.32. The predicted molar refractivity (Wildman–Crippen MR) is 32.5 cm³/mol. The predicted octanol–water partition coefficient (Wildman–Crippen LogP) is 0.252. The first kappa shape index (κ1) is 5.61. The number of hydrogen-bond donors (Lipinski definition) is 1. The molecule has 0 spiro atoms. The van der Waals surface area contributed by atoms with Crippen LogP contribution in [0.4, 0.5) is 0 Å². The standard InChI is InChI=1S/C6H6N2O2/c9-1-5-4-2-10-3-6(4)8-7-5/h1H,2-3H2,(H,7,8). The van der Waals surface area contributed by atoms with E-state index in [1.54, 1.807) is 0 Å². The summed E-state index contributed by atoms with van der Waals surface area (Å²) in [6.07, 6.45) is 0.740. The van der Waals surface area contributed by atoms with Crippen LogP contribution in [0.25, 0.3) is 0 Å². The third kappa shape index (κ3) is 0.593. The molecule has 0 fully saturated rings. The van der Waals surface area contributed by atoms with Crippen LogP contribution in [0.3, 0.4) is 0 Å². The smallest absolute Gasteiger partial charge is 0.170 e. The van der Waals surface area contributed by atoms with E-state index in [-0.39, 0.29) is 0 Å². The Morgan fingerprint density at radius 3 is 3.30 bits per heavy atom. The molecule has 0 amide bonds. The van der Waals surface area contributed by atoms with E-state index in [2.05, 4.69) is 10.2 Å². The molecule has 4 heteroatoms. The summed E-state index contributed by atoms with van der Waals surface area (Å²) in [5, 5.41) is 6.51. The van der Waals surface area contributed by atoms with E-state index in [1.807, 2.05) is 0 Å². The van der Waals surface area contributed by atoms with Crippen LogP contribution in [0, 0.1) is 0 Å². The molecule has 10 heavy (non-hydrogen) atoms. The third-order valence-corrected chi connectivity index (χ3v) is 1.59. The van der Waals surface area contributed by atoms with Gasteiger partial charge in [0.05, 0.1) is 18.9 Å². The highest BCUT2D eigenvalue weighted by Gasteiger charge is 2.17. The summed E-state index contributed by atoms with van der Waals surface area (Å²) in [4.78, 5) is 10.3. The quantitative estimate of drug-likeness (QED) is 0.566. The number of hydrogen-bond acceptors (Lipinski definition) is 3. The van der Waals surface area contributed by atoms with E-state index in [0.29, 0.717) is 18.9 Å². The van der Waals surface area contributed by atoms with Gasteiger partial charge in [0.15, 0.2) is 6.29 Å². The molecule has 0 bridgehead atoms. The Kier molecular flexibility index (Phi) is 1.07. The Morgan fingerprint density at radius 2 is 2.50 bits per heavy atom. The van der Waals surface area contributed by atoms with Crippen molar-refractivity contribution in [1.29, 1.82) is 0 Å². The number of nitrogens with one attached hydrogen (secondary N) is 1. The first-order valence-electron chi connectivity index (χ1n) is 3.01. The Labute approximate surface area is 57.2 Å². The number of rotatable bonds is 1.